The zero-order valence-electron chi connectivity index (χ0n) is 3.23. The molecule has 0 aliphatic rings. The molecule has 0 fully saturated rings. The molecule has 0 aliphatic heterocycles. The molecule has 2 heteroatoms. The fraction of sp³-hybridized carbons (Fsp3) is 0. The molecule has 0 aromatic carbocycles. The number of nitrogens with zero attached hydrogens (tertiary/aromatic N) is 1. The molecule has 0 aromatic rings. The molecule has 1 radical (unpaired) electrons. The number of hydrogen-bond donors (Lipinski definition) is 0. The summed E-state index contributed by atoms with van der Waals surface area (Å²) in [6.45, 7) is 3.12. The van der Waals surface area contributed by atoms with Gasteiger partial charge in [0, 0.05) is 24.9 Å². The van der Waals surface area contributed by atoms with Gasteiger partial charge in [0.05, 0.1) is 6.07 Å². The summed E-state index contributed by atoms with van der Waals surface area (Å²) in [7, 11) is 0. The van der Waals surface area contributed by atoms with Crippen molar-refractivity contribution in [2.24, 2.45) is 0 Å². The Hall–Kier alpha value is -0.173. The summed E-state index contributed by atoms with van der Waals surface area (Å²) < 4.78 is 0. The van der Waals surface area contributed by atoms with Gasteiger partial charge in [-0.1, -0.05) is 6.58 Å². The summed E-state index contributed by atoms with van der Waals surface area (Å²) in [4.78, 5) is 0. The number of hydrogen-bond acceptors (Lipinski definition) is 1. The van der Waals surface area contributed by atoms with E-state index < -0.39 is 0 Å². The van der Waals surface area contributed by atoms with Crippen molar-refractivity contribution in [2.75, 3.05) is 0 Å². The van der Waals surface area contributed by atoms with E-state index in [2.05, 4.69) is 6.58 Å². The fourth-order valence-electron chi connectivity index (χ4n) is 0. The van der Waals surface area contributed by atoms with E-state index in [9.17, 15) is 0 Å². The predicted octanol–water partition coefficient (Wildman–Crippen LogP) is 0.315. The quantitative estimate of drug-likeness (QED) is 0.291. The third-order valence-electron chi connectivity index (χ3n) is 0.0913. The van der Waals surface area contributed by atoms with E-state index >= 15 is 0 Å². The summed E-state index contributed by atoms with van der Waals surface area (Å²) in [5.74, 6) is 0. The van der Waals surface area contributed by atoms with Gasteiger partial charge >= 0.3 is 0 Å². The van der Waals surface area contributed by atoms with Crippen LogP contribution in [0.2, 0.25) is 0 Å². The van der Waals surface area contributed by atoms with Crippen LogP contribution in [-0.2, 0) is 0 Å². The third kappa shape index (κ3) is 18.7. The van der Waals surface area contributed by atoms with Gasteiger partial charge in [-0.3, -0.25) is 0 Å². The van der Waals surface area contributed by atoms with Crippen LogP contribution in [0.25, 0.3) is 0 Å². The van der Waals surface area contributed by atoms with E-state index in [1.54, 1.807) is 6.07 Å². The van der Waals surface area contributed by atoms with Gasteiger partial charge in [0.1, 0.15) is 0 Å². The van der Waals surface area contributed by atoms with Gasteiger partial charge in [-0.2, -0.15) is 5.26 Å². The predicted molar refractivity (Wildman–Crippen MR) is 21.6 cm³/mol. The Labute approximate surface area is 43.5 Å². The largest absolute Gasteiger partial charge is 0.193 e. The molecule has 21 valence electrons. The molecule has 0 spiro atoms. The minimum absolute atomic E-state index is 0. The first kappa shape index (κ1) is 8.85. The van der Waals surface area contributed by atoms with Gasteiger partial charge in [0.2, 0.25) is 0 Å². The molecule has 0 saturated carbocycles. The Kier molecular flexibility index (Phi) is 16.2. The zero-order chi connectivity index (χ0) is 3.41. The normalized spacial score (nSPS) is 3.00. The molecule has 5 heavy (non-hydrogen) atoms. The van der Waals surface area contributed by atoms with E-state index in [-0.39, 0.29) is 18.9 Å². The molecular formula is C3H3LiN. The van der Waals surface area contributed by atoms with Crippen molar-refractivity contribution in [1.29, 1.82) is 5.26 Å². The molecule has 0 rings (SSSR count). The molecule has 0 aliphatic carbocycles. The first-order valence-corrected chi connectivity index (χ1v) is 0.921. The summed E-state index contributed by atoms with van der Waals surface area (Å²) in [5.41, 5.74) is 0. The zero-order valence-corrected chi connectivity index (χ0v) is 3.23. The van der Waals surface area contributed by atoms with Crippen molar-refractivity contribution in [3.63, 3.8) is 0 Å². The second-order valence-electron chi connectivity index (χ2n) is 0.333. The molecule has 0 saturated heterocycles. The number of allylic oxidation sites excluding steroid dienone is 1. The molecule has 0 aromatic heterocycles. The van der Waals surface area contributed by atoms with E-state index in [0.717, 1.165) is 0 Å². The van der Waals surface area contributed by atoms with Crippen LogP contribution >= 0.6 is 0 Å². The Morgan fingerprint density at radius 2 is 2.00 bits per heavy atom. The van der Waals surface area contributed by atoms with E-state index in [1.807, 2.05) is 0 Å². The van der Waals surface area contributed by atoms with Crippen molar-refractivity contribution in [1.82, 2.24) is 0 Å². The van der Waals surface area contributed by atoms with Crippen LogP contribution in [0.15, 0.2) is 12.7 Å². The molecule has 0 amide bonds. The molecule has 0 bridgehead atoms. The second-order valence-corrected chi connectivity index (χ2v) is 0.333. The van der Waals surface area contributed by atoms with Crippen molar-refractivity contribution < 1.29 is 0 Å². The number of rotatable bonds is 0. The van der Waals surface area contributed by atoms with E-state index in [1.165, 1.54) is 6.08 Å². The second kappa shape index (κ2) is 9.16. The molecule has 1 nitrogen and oxygen atoms in total. The summed E-state index contributed by atoms with van der Waals surface area (Å²) in [6.07, 6.45) is 1.18. The van der Waals surface area contributed by atoms with Crippen LogP contribution in [0, 0.1) is 11.3 Å². The molecule has 0 heterocycles. The standard InChI is InChI=1S/C3H3N.Li/c1-2-3-4;/h2H,1H2;. The smallest absolute Gasteiger partial charge is 0.0905 e. The molecule has 0 N–H and O–H groups in total. The fourth-order valence-corrected chi connectivity index (χ4v) is 0. The SMILES string of the molecule is C=CC#N.[Li]. The van der Waals surface area contributed by atoms with Crippen LogP contribution < -0.4 is 0 Å². The Morgan fingerprint density at radius 3 is 2.00 bits per heavy atom. The average molecular weight is 60.0 g/mol. The minimum Gasteiger partial charge on any atom is -0.193 e. The van der Waals surface area contributed by atoms with Gasteiger partial charge in [0.25, 0.3) is 0 Å². The van der Waals surface area contributed by atoms with Crippen LogP contribution in [0.3, 0.4) is 0 Å². The number of nitriles is 1. The van der Waals surface area contributed by atoms with Gasteiger partial charge in [-0.25, -0.2) is 0 Å². The van der Waals surface area contributed by atoms with Crippen molar-refractivity contribution >= 4 is 18.9 Å². The summed E-state index contributed by atoms with van der Waals surface area (Å²) in [6, 6.07) is 1.69. The van der Waals surface area contributed by atoms with E-state index in [0.29, 0.717) is 0 Å². The maximum absolute atomic E-state index is 7.51. The molecule has 0 unspecified atom stereocenters. The van der Waals surface area contributed by atoms with Crippen molar-refractivity contribution in [3.8, 4) is 6.07 Å². The van der Waals surface area contributed by atoms with Gasteiger partial charge in [0.15, 0.2) is 0 Å². The monoisotopic (exact) mass is 60.0 g/mol. The first-order valence-electron chi connectivity index (χ1n) is 0.921. The summed E-state index contributed by atoms with van der Waals surface area (Å²) >= 11 is 0. The Bertz CT molecular complexity index is 52.4. The Morgan fingerprint density at radius 1 is 1.80 bits per heavy atom. The van der Waals surface area contributed by atoms with Crippen molar-refractivity contribution in [2.45, 2.75) is 0 Å². The minimum atomic E-state index is 0. The van der Waals surface area contributed by atoms with Crippen molar-refractivity contribution in [3.05, 3.63) is 12.7 Å². The topological polar surface area (TPSA) is 23.8 Å². The van der Waals surface area contributed by atoms with Gasteiger partial charge < -0.3 is 0 Å². The maximum atomic E-state index is 7.51. The van der Waals surface area contributed by atoms with Crippen LogP contribution in [0.5, 0.6) is 0 Å². The molecule has 0 atom stereocenters. The van der Waals surface area contributed by atoms with Gasteiger partial charge in [-0.15, -0.1) is 0 Å². The van der Waals surface area contributed by atoms with Crippen LogP contribution in [0.1, 0.15) is 0 Å². The summed E-state index contributed by atoms with van der Waals surface area (Å²) in [5, 5.41) is 7.51. The van der Waals surface area contributed by atoms with Gasteiger partial charge in [-0.05, 0) is 0 Å². The Balaban J connectivity index is 0. The third-order valence-corrected chi connectivity index (χ3v) is 0.0913. The van der Waals surface area contributed by atoms with Crippen LogP contribution in [0.4, 0.5) is 0 Å². The molecular weight excluding hydrogens is 57.0 g/mol. The first-order chi connectivity index (χ1) is 1.91. The van der Waals surface area contributed by atoms with Crippen LogP contribution in [-0.4, -0.2) is 18.9 Å². The average Bonchev–Trinajstić information content (AvgIpc) is 1.37. The maximum Gasteiger partial charge on any atom is 0.0905 e. The van der Waals surface area contributed by atoms with E-state index in [4.69, 9.17) is 5.26 Å².